The van der Waals surface area contributed by atoms with Crippen molar-refractivity contribution in [3.8, 4) is 0 Å². The van der Waals surface area contributed by atoms with Crippen LogP contribution in [-0.2, 0) is 65.6 Å². The predicted octanol–water partition coefficient (Wildman–Crippen LogP) is -2.04. The number of thioether (sulfide) groups is 1. The molecule has 0 saturated carbocycles. The lowest BCUT2D eigenvalue weighted by molar-refractivity contribution is -0.144. The van der Waals surface area contributed by atoms with Gasteiger partial charge in [-0.2, -0.15) is 16.7 Å². The Kier molecular flexibility index (Phi) is 31.4. The molecule has 516 valence electrons. The van der Waals surface area contributed by atoms with Crippen LogP contribution >= 0.6 is 11.8 Å². The summed E-state index contributed by atoms with van der Waals surface area (Å²) in [7, 11) is 0. The number of amides is 11. The molecular weight excluding hydrogens is 1230 g/mol. The summed E-state index contributed by atoms with van der Waals surface area (Å²) in [5, 5.41) is 26.9. The van der Waals surface area contributed by atoms with Crippen molar-refractivity contribution in [3.63, 3.8) is 0 Å². The number of nitrogens with zero attached hydrogens (tertiary/aromatic N) is 5. The zero-order chi connectivity index (χ0) is 68.9. The molecule has 0 aliphatic carbocycles. The largest absolute Gasteiger partial charge is 0.370 e. The minimum Gasteiger partial charge on any atom is -0.370 e. The number of carbonyl (C=O) groups is 11. The van der Waals surface area contributed by atoms with Crippen molar-refractivity contribution in [3.05, 3.63) is 77.6 Å². The molecule has 0 bridgehead atoms. The van der Waals surface area contributed by atoms with E-state index < -0.39 is 138 Å². The summed E-state index contributed by atoms with van der Waals surface area (Å²) < 4.78 is 0. The van der Waals surface area contributed by atoms with Gasteiger partial charge >= 0.3 is 0 Å². The minimum atomic E-state index is -1.58. The van der Waals surface area contributed by atoms with Gasteiger partial charge in [-0.15, -0.1) is 5.10 Å². The van der Waals surface area contributed by atoms with Crippen molar-refractivity contribution in [1.82, 2.24) is 56.9 Å². The number of carbonyl (C=O) groups excluding carboxylic acids is 11. The van der Waals surface area contributed by atoms with Crippen LogP contribution < -0.4 is 77.4 Å². The monoisotopic (exact) mass is 1330 g/mol. The average Bonchev–Trinajstić information content (AvgIpc) is 1.60. The van der Waals surface area contributed by atoms with Crippen molar-refractivity contribution in [2.24, 2.45) is 51.0 Å². The van der Waals surface area contributed by atoms with Crippen LogP contribution in [0.4, 0.5) is 5.95 Å². The van der Waals surface area contributed by atoms with Crippen LogP contribution in [0.3, 0.4) is 0 Å². The number of guanidine groups is 1. The molecule has 11 amide bonds. The number of benzene rings is 2. The number of likely N-dealkylation sites (tertiary alicyclic amines) is 2. The van der Waals surface area contributed by atoms with Gasteiger partial charge in [-0.3, -0.25) is 62.8 Å². The maximum absolute atomic E-state index is 14.9. The quantitative estimate of drug-likeness (QED) is 0.0165. The predicted molar refractivity (Wildman–Crippen MR) is 353 cm³/mol. The van der Waals surface area contributed by atoms with Gasteiger partial charge in [-0.05, 0) is 125 Å². The van der Waals surface area contributed by atoms with Crippen molar-refractivity contribution < 1.29 is 52.7 Å². The number of anilines is 1. The zero-order valence-corrected chi connectivity index (χ0v) is 54.7. The smallest absolute Gasteiger partial charge is 0.245 e. The molecule has 10 atom stereocenters. The van der Waals surface area contributed by atoms with Crippen LogP contribution in [0.1, 0.15) is 133 Å². The minimum absolute atomic E-state index is 0.00573. The summed E-state index contributed by atoms with van der Waals surface area (Å²) in [6, 6.07) is 6.38. The molecule has 94 heavy (non-hydrogen) atoms. The highest BCUT2D eigenvalue weighted by atomic mass is 32.2. The summed E-state index contributed by atoms with van der Waals surface area (Å²) in [5.74, 6) is -7.21. The second kappa shape index (κ2) is 38.9. The van der Waals surface area contributed by atoms with Gasteiger partial charge in [0.2, 0.25) is 70.9 Å². The van der Waals surface area contributed by atoms with Crippen molar-refractivity contribution in [2.45, 2.75) is 183 Å². The van der Waals surface area contributed by atoms with Gasteiger partial charge < -0.3 is 87.2 Å². The summed E-state index contributed by atoms with van der Waals surface area (Å²) in [4.78, 5) is 163. The Morgan fingerprint density at radius 3 is 1.67 bits per heavy atom. The van der Waals surface area contributed by atoms with Gasteiger partial charge in [0.15, 0.2) is 5.96 Å². The fraction of sp³-hybridized carbons (Fsp3) is 0.581. The molecule has 32 heteroatoms. The van der Waals surface area contributed by atoms with E-state index in [1.54, 1.807) is 30.3 Å². The van der Waals surface area contributed by atoms with Crippen LogP contribution in [-0.4, -0.2) is 188 Å². The third-order valence-corrected chi connectivity index (χ3v) is 16.7. The van der Waals surface area contributed by atoms with Gasteiger partial charge in [0.05, 0.1) is 12.1 Å². The molecule has 2 fully saturated rings. The molecule has 22 N–H and O–H groups in total. The first-order valence-electron chi connectivity index (χ1n) is 31.9. The van der Waals surface area contributed by atoms with Crippen LogP contribution in [0, 0.1) is 5.92 Å². The molecule has 2 aliphatic rings. The third kappa shape index (κ3) is 24.9. The Labute approximate surface area is 551 Å². The normalized spacial score (nSPS) is 17.0. The molecule has 0 spiro atoms. The Hall–Kier alpha value is -8.91. The SMILES string of the molecule is CSCC[C@H](NC(=O)[C@H](CC(C)C)Nc1n[nH]c([C@H](Cc2ccccc2)NC(=O)[C@H](Cc2ccccc2)NC(=O)[C@H](CCC(N)=O)NC(=O)[C@H](CCC(N)=O)NC(=O)[C@@H]2CCCN2C(=O)[C@H](CCCCN)NC(=O)[C@@H]2CCCN2C(=O)[C@@H](N)CCCN=C(N)N)n1)C(N)=O. The highest BCUT2D eigenvalue weighted by Crippen LogP contribution is 2.24. The number of hydrogen-bond donors (Lipinski definition) is 15. The number of nitrogens with one attached hydrogen (secondary N) is 8. The van der Waals surface area contributed by atoms with E-state index in [1.807, 2.05) is 50.4 Å². The maximum Gasteiger partial charge on any atom is 0.245 e. The lowest BCUT2D eigenvalue weighted by Gasteiger charge is -2.32. The van der Waals surface area contributed by atoms with Crippen molar-refractivity contribution in [2.75, 3.05) is 43.5 Å². The van der Waals surface area contributed by atoms with E-state index >= 15 is 0 Å². The topological polar surface area (TPSA) is 515 Å². The number of aliphatic imine (C=N–C) groups is 1. The van der Waals surface area contributed by atoms with E-state index in [9.17, 15) is 52.7 Å². The number of primary amides is 3. The number of rotatable bonds is 41. The van der Waals surface area contributed by atoms with Gasteiger partial charge in [-0.25, -0.2) is 0 Å². The van der Waals surface area contributed by atoms with Crippen LogP contribution in [0.15, 0.2) is 65.7 Å². The third-order valence-electron chi connectivity index (χ3n) is 16.1. The number of hydrogen-bond acceptors (Lipinski definition) is 18. The fourth-order valence-corrected chi connectivity index (χ4v) is 11.6. The van der Waals surface area contributed by atoms with E-state index in [2.05, 4.69) is 57.4 Å². The van der Waals surface area contributed by atoms with E-state index in [4.69, 9.17) is 40.1 Å². The molecule has 31 nitrogen and oxygen atoms in total. The fourth-order valence-electron chi connectivity index (χ4n) is 11.1. The molecule has 3 aromatic rings. The van der Waals surface area contributed by atoms with Crippen molar-refractivity contribution >= 4 is 88.6 Å². The highest BCUT2D eigenvalue weighted by molar-refractivity contribution is 7.98. The van der Waals surface area contributed by atoms with Gasteiger partial charge in [0.25, 0.3) is 0 Å². The molecular formula is C62H96N20O11S. The average molecular weight is 1330 g/mol. The number of aromatic nitrogens is 3. The lowest BCUT2D eigenvalue weighted by atomic mass is 10.0. The number of unbranched alkanes of at least 4 members (excludes halogenated alkanes) is 1. The van der Waals surface area contributed by atoms with Crippen molar-refractivity contribution in [1.29, 1.82) is 0 Å². The van der Waals surface area contributed by atoms with Crippen LogP contribution in [0.25, 0.3) is 0 Å². The summed E-state index contributed by atoms with van der Waals surface area (Å²) in [5.41, 5.74) is 41.1. The van der Waals surface area contributed by atoms with E-state index in [1.165, 1.54) is 21.6 Å². The first-order valence-corrected chi connectivity index (χ1v) is 33.3. The molecule has 2 saturated heterocycles. The second-order valence-corrected chi connectivity index (χ2v) is 25.0. The molecule has 2 aromatic carbocycles. The second-order valence-electron chi connectivity index (χ2n) is 24.0. The van der Waals surface area contributed by atoms with Gasteiger partial charge in [0.1, 0.15) is 54.2 Å². The van der Waals surface area contributed by atoms with E-state index in [0.717, 1.165) is 5.56 Å². The first-order chi connectivity index (χ1) is 44.9. The Morgan fingerprint density at radius 2 is 1.13 bits per heavy atom. The molecule has 2 aliphatic heterocycles. The number of aromatic amines is 1. The first kappa shape index (κ1) is 75.8. The number of H-pyrrole nitrogens is 1. The molecule has 1 aromatic heterocycles. The Bertz CT molecular complexity index is 3050. The summed E-state index contributed by atoms with van der Waals surface area (Å²) >= 11 is 1.50. The lowest BCUT2D eigenvalue weighted by Crippen LogP contribution is -2.59. The molecule has 5 rings (SSSR count). The maximum atomic E-state index is 14.9. The molecule has 3 heterocycles. The molecule has 0 radical (unpaired) electrons. The van der Waals surface area contributed by atoms with Gasteiger partial charge in [0, 0.05) is 38.9 Å². The standard InChI is InChI=1S/C62H96N20O11S/c1-36(2)33-45(55(88)71-40(51(67)85)27-32-94-3)77-62-78-52(79-80-62)44(34-37-15-6-4-7-16-37)75-56(89)46(35-38-17-8-5-9-18-38)76-54(87)41(23-25-49(65)83)72-53(86)42(24-26-50(66)84)73-57(90)48-22-14-31-82(48)60(93)43(20-10-11-28-63)74-58(91)47-21-13-30-81(47)59(92)39(64)19-12-29-70-61(68)69/h4-9,15-18,36,39-48H,10-14,19-35,63-64H2,1-3H3,(H2,65,83)(H2,66,84)(H2,67,85)(H,71,88)(H,72,86)(H,73,90)(H,74,91)(H,75,89)(H,76,87)(H4,68,69,70)(H2,77,78,79,80)/t39-,40-,41-,42-,43-,44-,45-,46-,47-,48-/m0/s1. The molecule has 0 unspecified atom stereocenters. The number of nitrogens with two attached hydrogens (primary N) is 7. The van der Waals surface area contributed by atoms with Crippen LogP contribution in [0.5, 0.6) is 0 Å². The zero-order valence-electron chi connectivity index (χ0n) is 53.9. The Balaban J connectivity index is 1.37. The van der Waals surface area contributed by atoms with Crippen LogP contribution in [0.2, 0.25) is 0 Å². The Morgan fingerprint density at radius 1 is 0.606 bits per heavy atom. The van der Waals surface area contributed by atoms with E-state index in [0.29, 0.717) is 69.2 Å². The summed E-state index contributed by atoms with van der Waals surface area (Å²) in [6.45, 7) is 4.76. The summed E-state index contributed by atoms with van der Waals surface area (Å²) in [6.07, 6.45) is 4.03. The van der Waals surface area contributed by atoms with Gasteiger partial charge in [-0.1, -0.05) is 74.5 Å². The van der Waals surface area contributed by atoms with E-state index in [-0.39, 0.29) is 88.2 Å². The highest BCUT2D eigenvalue weighted by Gasteiger charge is 2.42.